The van der Waals surface area contributed by atoms with Crippen molar-refractivity contribution in [3.05, 3.63) is 26.7 Å². The van der Waals surface area contributed by atoms with Crippen molar-refractivity contribution < 1.29 is 9.90 Å². The van der Waals surface area contributed by atoms with Crippen molar-refractivity contribution in [2.75, 3.05) is 0 Å². The molecule has 0 saturated heterocycles. The molecule has 0 heterocycles. The number of carbonyl (C=O) groups is 1. The van der Waals surface area contributed by atoms with Crippen LogP contribution in [0.25, 0.3) is 0 Å². The highest BCUT2D eigenvalue weighted by molar-refractivity contribution is 6.57. The third-order valence-electron chi connectivity index (χ3n) is 1.91. The van der Waals surface area contributed by atoms with Gasteiger partial charge in [-0.05, 0) is 18.6 Å². The summed E-state index contributed by atoms with van der Waals surface area (Å²) in [6.07, 6.45) is 0. The molecule has 0 saturated carbocycles. The molecule has 1 aromatic carbocycles. The predicted molar refractivity (Wildman–Crippen MR) is 72.8 cm³/mol. The summed E-state index contributed by atoms with van der Waals surface area (Å²) < 4.78 is -2.40. The lowest BCUT2D eigenvalue weighted by atomic mass is 10.2. The molecule has 1 N–H and O–H groups in total. The van der Waals surface area contributed by atoms with Gasteiger partial charge in [0, 0.05) is 5.02 Å². The van der Waals surface area contributed by atoms with Crippen molar-refractivity contribution >= 4 is 69.7 Å². The topological polar surface area (TPSA) is 62.0 Å². The fraction of sp³-hybridized carbons (Fsp3) is 0.222. The number of carboxylic acid groups (broad SMARTS) is 1. The summed E-state index contributed by atoms with van der Waals surface area (Å²) >= 11 is 28.4. The van der Waals surface area contributed by atoms with E-state index in [1.165, 1.54) is 6.07 Å². The molecular formula is C9H5Cl5N2O2. The molecule has 0 unspecified atom stereocenters. The summed E-state index contributed by atoms with van der Waals surface area (Å²) in [5.74, 6) is -1.56. The first-order chi connectivity index (χ1) is 8.16. The van der Waals surface area contributed by atoms with E-state index in [9.17, 15) is 4.79 Å². The van der Waals surface area contributed by atoms with Crippen LogP contribution in [-0.4, -0.2) is 15.5 Å². The van der Waals surface area contributed by atoms with Crippen molar-refractivity contribution in [1.29, 1.82) is 0 Å². The molecule has 0 radical (unpaired) electrons. The first kappa shape index (κ1) is 15.8. The molecule has 1 aromatic rings. The Balaban J connectivity index is 3.25. The Bertz CT molecular complexity index is 530. The number of nitrogens with zero attached hydrogens (tertiary/aromatic N) is 2. The van der Waals surface area contributed by atoms with Crippen LogP contribution in [0.5, 0.6) is 0 Å². The Morgan fingerprint density at radius 2 is 1.83 bits per heavy atom. The van der Waals surface area contributed by atoms with Crippen LogP contribution in [0.3, 0.4) is 0 Å². The summed E-state index contributed by atoms with van der Waals surface area (Å²) in [4.78, 5) is 10.6. The number of alkyl halides is 2. The zero-order chi connectivity index (χ0) is 14.1. The van der Waals surface area contributed by atoms with Crippen molar-refractivity contribution in [2.45, 2.75) is 11.4 Å². The van der Waals surface area contributed by atoms with Crippen molar-refractivity contribution in [2.24, 2.45) is 10.2 Å². The molecule has 98 valence electrons. The normalized spacial score (nSPS) is 12.1. The van der Waals surface area contributed by atoms with Gasteiger partial charge in [0.05, 0.1) is 10.0 Å². The standard InChI is InChI=1S/C9H5Cl5N2O2/c1-3-4(10)2-5(11)7(6(3)12)15-16-9(13,14)8(17)18/h2H,1H3,(H,17,18)/b16-15+. The number of benzene rings is 1. The molecule has 18 heavy (non-hydrogen) atoms. The van der Waals surface area contributed by atoms with E-state index in [1.54, 1.807) is 6.92 Å². The first-order valence-corrected chi connectivity index (χ1v) is 6.24. The van der Waals surface area contributed by atoms with Gasteiger partial charge in [0.1, 0.15) is 5.69 Å². The van der Waals surface area contributed by atoms with Crippen molar-refractivity contribution in [3.63, 3.8) is 0 Å². The number of halogens is 5. The second kappa shape index (κ2) is 5.80. The van der Waals surface area contributed by atoms with Gasteiger partial charge in [0.25, 0.3) is 0 Å². The number of aliphatic carboxylic acids is 1. The largest absolute Gasteiger partial charge is 0.478 e. The van der Waals surface area contributed by atoms with Crippen LogP contribution < -0.4 is 0 Å². The van der Waals surface area contributed by atoms with E-state index < -0.39 is 10.4 Å². The molecule has 0 spiro atoms. The Hall–Kier alpha value is -0.260. The maximum atomic E-state index is 10.6. The Morgan fingerprint density at radius 1 is 1.28 bits per heavy atom. The van der Waals surface area contributed by atoms with Gasteiger partial charge >= 0.3 is 10.4 Å². The van der Waals surface area contributed by atoms with Gasteiger partial charge in [0.2, 0.25) is 0 Å². The van der Waals surface area contributed by atoms with Crippen LogP contribution in [0, 0.1) is 6.92 Å². The maximum absolute atomic E-state index is 10.6. The van der Waals surface area contributed by atoms with Crippen molar-refractivity contribution in [3.8, 4) is 0 Å². The summed E-state index contributed by atoms with van der Waals surface area (Å²) in [7, 11) is 0. The third kappa shape index (κ3) is 3.39. The quantitative estimate of drug-likeness (QED) is 0.459. The average molecular weight is 350 g/mol. The fourth-order valence-electron chi connectivity index (χ4n) is 0.922. The second-order valence-electron chi connectivity index (χ2n) is 3.17. The van der Waals surface area contributed by atoms with E-state index in [-0.39, 0.29) is 15.7 Å². The Labute approximate surface area is 127 Å². The average Bonchev–Trinajstić information content (AvgIpc) is 2.25. The summed E-state index contributed by atoms with van der Waals surface area (Å²) in [5, 5.41) is 16.1. The molecule has 4 nitrogen and oxygen atoms in total. The Morgan fingerprint density at radius 3 is 2.33 bits per heavy atom. The van der Waals surface area contributed by atoms with Crippen LogP contribution in [0.15, 0.2) is 16.3 Å². The number of hydrogen-bond donors (Lipinski definition) is 1. The lowest BCUT2D eigenvalue weighted by Crippen LogP contribution is -2.21. The molecule has 0 atom stereocenters. The molecule has 0 bridgehead atoms. The Kier molecular flexibility index (Phi) is 5.09. The zero-order valence-electron chi connectivity index (χ0n) is 8.72. The molecule has 1 rings (SSSR count). The smallest absolute Gasteiger partial charge is 0.365 e. The van der Waals surface area contributed by atoms with E-state index >= 15 is 0 Å². The molecule has 0 aliphatic carbocycles. The highest BCUT2D eigenvalue weighted by Crippen LogP contribution is 2.40. The van der Waals surface area contributed by atoms with E-state index in [2.05, 4.69) is 10.2 Å². The fourth-order valence-corrected chi connectivity index (χ4v) is 1.84. The van der Waals surface area contributed by atoms with Crippen molar-refractivity contribution in [1.82, 2.24) is 0 Å². The number of carboxylic acids is 1. The second-order valence-corrected chi connectivity index (χ2v) is 5.65. The molecule has 0 aromatic heterocycles. The maximum Gasteiger partial charge on any atom is 0.365 e. The van der Waals surface area contributed by atoms with E-state index in [1.807, 2.05) is 0 Å². The van der Waals surface area contributed by atoms with Gasteiger partial charge in [-0.3, -0.25) is 0 Å². The number of rotatable bonds is 3. The minimum atomic E-state index is -2.40. The lowest BCUT2D eigenvalue weighted by molar-refractivity contribution is -0.137. The molecule has 0 amide bonds. The zero-order valence-corrected chi connectivity index (χ0v) is 12.5. The summed E-state index contributed by atoms with van der Waals surface area (Å²) in [6.45, 7) is 1.64. The highest BCUT2D eigenvalue weighted by Gasteiger charge is 2.33. The van der Waals surface area contributed by atoms with Crippen LogP contribution in [0.2, 0.25) is 15.1 Å². The molecule has 9 heteroatoms. The summed E-state index contributed by atoms with van der Waals surface area (Å²) in [6, 6.07) is 1.41. The highest BCUT2D eigenvalue weighted by atomic mass is 35.5. The molecule has 0 aliphatic rings. The molecule has 0 aliphatic heterocycles. The molecular weight excluding hydrogens is 345 g/mol. The van der Waals surface area contributed by atoms with Crippen LogP contribution >= 0.6 is 58.0 Å². The minimum absolute atomic E-state index is 0.0483. The van der Waals surface area contributed by atoms with E-state index in [0.29, 0.717) is 10.6 Å². The third-order valence-corrected chi connectivity index (χ3v) is 3.53. The van der Waals surface area contributed by atoms with Gasteiger partial charge in [-0.1, -0.05) is 58.0 Å². The van der Waals surface area contributed by atoms with Gasteiger partial charge in [0.15, 0.2) is 0 Å². The predicted octanol–water partition coefficient (Wildman–Crippen LogP) is 5.25. The van der Waals surface area contributed by atoms with Crippen LogP contribution in [0.4, 0.5) is 5.69 Å². The SMILES string of the molecule is Cc1c(Cl)cc(Cl)c(/N=N/C(Cl)(Cl)C(=O)O)c1Cl. The van der Waals surface area contributed by atoms with E-state index in [0.717, 1.165) is 0 Å². The monoisotopic (exact) mass is 348 g/mol. The summed E-state index contributed by atoms with van der Waals surface area (Å²) in [5.41, 5.74) is 0.578. The molecule has 0 fully saturated rings. The first-order valence-electron chi connectivity index (χ1n) is 4.35. The number of hydrogen-bond acceptors (Lipinski definition) is 3. The van der Waals surface area contributed by atoms with Crippen LogP contribution in [-0.2, 0) is 4.79 Å². The van der Waals surface area contributed by atoms with Crippen LogP contribution in [0.1, 0.15) is 5.56 Å². The lowest BCUT2D eigenvalue weighted by Gasteiger charge is -2.09. The minimum Gasteiger partial charge on any atom is -0.478 e. The number of azo groups is 1. The van der Waals surface area contributed by atoms with Gasteiger partial charge < -0.3 is 5.11 Å². The van der Waals surface area contributed by atoms with Gasteiger partial charge in [-0.15, -0.1) is 10.2 Å². The van der Waals surface area contributed by atoms with Gasteiger partial charge in [-0.2, -0.15) is 0 Å². The van der Waals surface area contributed by atoms with Gasteiger partial charge in [-0.25, -0.2) is 4.79 Å². The van der Waals surface area contributed by atoms with E-state index in [4.69, 9.17) is 63.1 Å².